The number of hydrogen-bond acceptors (Lipinski definition) is 3. The second-order valence-corrected chi connectivity index (χ2v) is 7.44. The first kappa shape index (κ1) is 21.1. The molecule has 5 nitrogen and oxygen atoms in total. The summed E-state index contributed by atoms with van der Waals surface area (Å²) in [6.07, 6.45) is 0. The van der Waals surface area contributed by atoms with Crippen LogP contribution < -0.4 is 11.5 Å². The van der Waals surface area contributed by atoms with E-state index in [1.165, 1.54) is 0 Å². The van der Waals surface area contributed by atoms with Gasteiger partial charge in [0.2, 0.25) is 11.8 Å². The standard InChI is InChI=1S/C15H15NO2S.C7H7NO/c16-14(17)11-19(18)15(12-7-3-1-4-8-12)13-9-5-2-6-10-13;8-7(9)6-4-2-1-3-5-6/h1-10,15H,11H2,(H2,16,17);1-5H,(H2,8,9). The van der Waals surface area contributed by atoms with Crippen molar-refractivity contribution in [3.8, 4) is 0 Å². The first-order valence-electron chi connectivity index (χ1n) is 8.59. The molecule has 4 N–H and O–H groups in total. The SMILES string of the molecule is NC(=O)CS(=O)C(c1ccccc1)c1ccccc1.NC(=O)c1ccccc1. The molecule has 0 aliphatic rings. The summed E-state index contributed by atoms with van der Waals surface area (Å²) in [6, 6.07) is 27.8. The number of primary amides is 2. The van der Waals surface area contributed by atoms with Gasteiger partial charge in [0.1, 0.15) is 5.75 Å². The predicted molar refractivity (Wildman–Crippen MR) is 112 cm³/mol. The fraction of sp³-hybridized carbons (Fsp3) is 0.0909. The molecule has 0 aromatic heterocycles. The first-order valence-corrected chi connectivity index (χ1v) is 9.97. The van der Waals surface area contributed by atoms with E-state index in [0.717, 1.165) is 11.1 Å². The smallest absolute Gasteiger partial charge is 0.248 e. The highest BCUT2D eigenvalue weighted by Crippen LogP contribution is 2.28. The fourth-order valence-corrected chi connectivity index (χ4v) is 3.95. The minimum Gasteiger partial charge on any atom is -0.369 e. The van der Waals surface area contributed by atoms with Crippen molar-refractivity contribution in [2.75, 3.05) is 5.75 Å². The van der Waals surface area contributed by atoms with E-state index in [2.05, 4.69) is 0 Å². The van der Waals surface area contributed by atoms with Gasteiger partial charge in [0.15, 0.2) is 0 Å². The van der Waals surface area contributed by atoms with Gasteiger partial charge in [-0.3, -0.25) is 13.8 Å². The van der Waals surface area contributed by atoms with Gasteiger partial charge in [-0.25, -0.2) is 0 Å². The molecular weight excluding hydrogens is 372 g/mol. The van der Waals surface area contributed by atoms with Crippen LogP contribution >= 0.6 is 0 Å². The van der Waals surface area contributed by atoms with Gasteiger partial charge < -0.3 is 11.5 Å². The second-order valence-electron chi connectivity index (χ2n) is 5.92. The lowest BCUT2D eigenvalue weighted by molar-refractivity contribution is -0.115. The molecule has 0 saturated carbocycles. The van der Waals surface area contributed by atoms with Gasteiger partial charge in [0.05, 0.1) is 5.25 Å². The van der Waals surface area contributed by atoms with Crippen LogP contribution in [0.3, 0.4) is 0 Å². The summed E-state index contributed by atoms with van der Waals surface area (Å²) in [5.41, 5.74) is 12.5. The third kappa shape index (κ3) is 6.48. The fourth-order valence-electron chi connectivity index (χ4n) is 2.58. The molecule has 3 rings (SSSR count). The Morgan fingerprint density at radius 3 is 1.43 bits per heavy atom. The summed E-state index contributed by atoms with van der Waals surface area (Å²) in [6.45, 7) is 0. The lowest BCUT2D eigenvalue weighted by atomic mass is 10.0. The molecule has 0 aliphatic heterocycles. The molecule has 3 aromatic carbocycles. The Balaban J connectivity index is 0.000000261. The van der Waals surface area contributed by atoms with Gasteiger partial charge in [-0.2, -0.15) is 0 Å². The molecule has 0 heterocycles. The summed E-state index contributed by atoms with van der Waals surface area (Å²) in [5.74, 6) is -1.06. The van der Waals surface area contributed by atoms with E-state index in [0.29, 0.717) is 5.56 Å². The third-order valence-corrected chi connectivity index (χ3v) is 5.45. The number of nitrogens with two attached hydrogens (primary N) is 2. The molecule has 144 valence electrons. The summed E-state index contributed by atoms with van der Waals surface area (Å²) in [4.78, 5) is 21.4. The Morgan fingerprint density at radius 1 is 0.714 bits per heavy atom. The zero-order valence-electron chi connectivity index (χ0n) is 15.2. The Labute approximate surface area is 166 Å². The van der Waals surface area contributed by atoms with Crippen LogP contribution in [-0.2, 0) is 15.6 Å². The Bertz CT molecular complexity index is 877. The van der Waals surface area contributed by atoms with Crippen LogP contribution in [-0.4, -0.2) is 21.8 Å². The first-order chi connectivity index (χ1) is 13.5. The largest absolute Gasteiger partial charge is 0.369 e. The summed E-state index contributed by atoms with van der Waals surface area (Å²) in [7, 11) is -1.36. The molecule has 6 heteroatoms. The van der Waals surface area contributed by atoms with Crippen molar-refractivity contribution in [2.24, 2.45) is 11.5 Å². The minimum atomic E-state index is -1.36. The number of rotatable bonds is 6. The Kier molecular flexibility index (Phi) is 8.11. The van der Waals surface area contributed by atoms with E-state index in [-0.39, 0.29) is 16.9 Å². The third-order valence-electron chi connectivity index (χ3n) is 3.81. The second kappa shape index (κ2) is 10.8. The Hall–Kier alpha value is -3.25. The normalized spacial score (nSPS) is 11.2. The molecule has 1 atom stereocenters. The summed E-state index contributed by atoms with van der Waals surface area (Å²) >= 11 is 0. The monoisotopic (exact) mass is 394 g/mol. The molecule has 0 fully saturated rings. The van der Waals surface area contributed by atoms with Crippen LogP contribution in [0.15, 0.2) is 91.0 Å². The molecular formula is C22H22N2O3S. The molecule has 0 spiro atoms. The van der Waals surface area contributed by atoms with Gasteiger partial charge in [-0.05, 0) is 23.3 Å². The molecule has 0 bridgehead atoms. The highest BCUT2D eigenvalue weighted by atomic mass is 32.2. The maximum Gasteiger partial charge on any atom is 0.248 e. The molecule has 0 saturated heterocycles. The minimum absolute atomic E-state index is 0.131. The van der Waals surface area contributed by atoms with E-state index in [1.54, 1.807) is 24.3 Å². The van der Waals surface area contributed by atoms with E-state index in [9.17, 15) is 13.8 Å². The van der Waals surface area contributed by atoms with E-state index >= 15 is 0 Å². The quantitative estimate of drug-likeness (QED) is 0.672. The van der Waals surface area contributed by atoms with Crippen molar-refractivity contribution >= 4 is 22.6 Å². The maximum atomic E-state index is 12.4. The van der Waals surface area contributed by atoms with Crippen molar-refractivity contribution in [1.82, 2.24) is 0 Å². The molecule has 2 amide bonds. The molecule has 3 aromatic rings. The van der Waals surface area contributed by atoms with Gasteiger partial charge in [0, 0.05) is 16.4 Å². The van der Waals surface area contributed by atoms with Gasteiger partial charge in [-0.15, -0.1) is 0 Å². The number of amides is 2. The highest BCUT2D eigenvalue weighted by molar-refractivity contribution is 7.86. The van der Waals surface area contributed by atoms with Crippen LogP contribution in [0.5, 0.6) is 0 Å². The van der Waals surface area contributed by atoms with Crippen molar-refractivity contribution in [3.63, 3.8) is 0 Å². The number of carbonyl (C=O) groups excluding carboxylic acids is 2. The van der Waals surface area contributed by atoms with Gasteiger partial charge in [0.25, 0.3) is 0 Å². The topological polar surface area (TPSA) is 103 Å². The summed E-state index contributed by atoms with van der Waals surface area (Å²) < 4.78 is 12.4. The van der Waals surface area contributed by atoms with Gasteiger partial charge >= 0.3 is 0 Å². The van der Waals surface area contributed by atoms with Crippen LogP contribution in [0, 0.1) is 0 Å². The average Bonchev–Trinajstić information content (AvgIpc) is 2.70. The number of carbonyl (C=O) groups is 2. The lowest BCUT2D eigenvalue weighted by Gasteiger charge is -2.16. The zero-order valence-corrected chi connectivity index (χ0v) is 16.0. The number of benzene rings is 3. The number of hydrogen-bond donors (Lipinski definition) is 2. The van der Waals surface area contributed by atoms with Crippen molar-refractivity contribution < 1.29 is 13.8 Å². The molecule has 0 radical (unpaired) electrons. The predicted octanol–water partition coefficient (Wildman–Crippen LogP) is 2.80. The zero-order chi connectivity index (χ0) is 20.4. The average molecular weight is 394 g/mol. The molecule has 1 unspecified atom stereocenters. The molecule has 28 heavy (non-hydrogen) atoms. The maximum absolute atomic E-state index is 12.4. The van der Waals surface area contributed by atoms with Crippen LogP contribution in [0.2, 0.25) is 0 Å². The van der Waals surface area contributed by atoms with Crippen LogP contribution in [0.4, 0.5) is 0 Å². The lowest BCUT2D eigenvalue weighted by Crippen LogP contribution is -2.23. The summed E-state index contributed by atoms with van der Waals surface area (Å²) in [5, 5.41) is -0.324. The van der Waals surface area contributed by atoms with Crippen LogP contribution in [0.25, 0.3) is 0 Å². The van der Waals surface area contributed by atoms with Crippen molar-refractivity contribution in [2.45, 2.75) is 5.25 Å². The Morgan fingerprint density at radius 2 is 1.11 bits per heavy atom. The van der Waals surface area contributed by atoms with Crippen molar-refractivity contribution in [3.05, 3.63) is 108 Å². The van der Waals surface area contributed by atoms with E-state index in [1.807, 2.05) is 66.7 Å². The highest BCUT2D eigenvalue weighted by Gasteiger charge is 2.22. The molecule has 0 aliphatic carbocycles. The van der Waals surface area contributed by atoms with Gasteiger partial charge in [-0.1, -0.05) is 78.9 Å². The van der Waals surface area contributed by atoms with Crippen LogP contribution in [0.1, 0.15) is 26.7 Å². The van der Waals surface area contributed by atoms with E-state index in [4.69, 9.17) is 11.5 Å². The van der Waals surface area contributed by atoms with E-state index < -0.39 is 16.7 Å². The van der Waals surface area contributed by atoms with Crippen molar-refractivity contribution in [1.29, 1.82) is 0 Å².